The number of fused-ring (bicyclic) bond motifs is 1. The highest BCUT2D eigenvalue weighted by molar-refractivity contribution is 9.10. The van der Waals surface area contributed by atoms with Crippen molar-refractivity contribution in [3.05, 3.63) is 51.9 Å². The van der Waals surface area contributed by atoms with Crippen molar-refractivity contribution in [2.75, 3.05) is 25.0 Å². The first-order valence-electron chi connectivity index (χ1n) is 7.84. The van der Waals surface area contributed by atoms with Crippen LogP contribution in [0.25, 0.3) is 0 Å². The van der Waals surface area contributed by atoms with Crippen LogP contribution in [0.4, 0.5) is 23.4 Å². The number of carbonyl (C=O) groups excluding carboxylic acids is 1. The Morgan fingerprint density at radius 3 is 2.70 bits per heavy atom. The molecule has 0 N–H and O–H groups in total. The van der Waals surface area contributed by atoms with Crippen molar-refractivity contribution in [2.45, 2.75) is 12.9 Å². The van der Waals surface area contributed by atoms with Gasteiger partial charge in [0, 0.05) is 42.9 Å². The van der Waals surface area contributed by atoms with Gasteiger partial charge >= 0.3 is 6.36 Å². The standard InChI is InChI=1S/C17H14BrF4N3O2/c1-24-4-5-25(16(26)13-7-11(18)8-23-15(13)24)9-10-6-12(2-3-14(10)19)27-17(20,21)22/h2-3,6-8H,4-5,9H2,1H3. The third kappa shape index (κ3) is 4.49. The quantitative estimate of drug-likeness (QED) is 0.667. The SMILES string of the molecule is CN1CCN(Cc2cc(OC(F)(F)F)ccc2F)C(=O)c2cc(Br)cnc21. The first-order chi connectivity index (χ1) is 12.6. The highest BCUT2D eigenvalue weighted by atomic mass is 79.9. The van der Waals surface area contributed by atoms with Crippen LogP contribution in [-0.4, -0.2) is 42.3 Å². The minimum absolute atomic E-state index is 0.0702. The zero-order valence-corrected chi connectivity index (χ0v) is 15.6. The zero-order valence-electron chi connectivity index (χ0n) is 14.1. The van der Waals surface area contributed by atoms with Gasteiger partial charge < -0.3 is 14.5 Å². The summed E-state index contributed by atoms with van der Waals surface area (Å²) in [7, 11) is 1.77. The van der Waals surface area contributed by atoms with Crippen LogP contribution in [0.2, 0.25) is 0 Å². The summed E-state index contributed by atoms with van der Waals surface area (Å²) in [4.78, 5) is 20.3. The maximum Gasteiger partial charge on any atom is 0.573 e. The molecule has 1 aliphatic rings. The van der Waals surface area contributed by atoms with E-state index in [-0.39, 0.29) is 24.6 Å². The predicted molar refractivity (Wildman–Crippen MR) is 93.0 cm³/mol. The van der Waals surface area contributed by atoms with Gasteiger partial charge in [0.25, 0.3) is 5.91 Å². The van der Waals surface area contributed by atoms with Crippen LogP contribution in [0.3, 0.4) is 0 Å². The molecule has 2 aromatic rings. The van der Waals surface area contributed by atoms with E-state index in [9.17, 15) is 22.4 Å². The van der Waals surface area contributed by atoms with E-state index in [0.29, 0.717) is 22.4 Å². The van der Waals surface area contributed by atoms with Gasteiger partial charge in [-0.05, 0) is 40.2 Å². The molecule has 5 nitrogen and oxygen atoms in total. The highest BCUT2D eigenvalue weighted by Crippen LogP contribution is 2.28. The minimum Gasteiger partial charge on any atom is -0.406 e. The molecule has 1 aromatic carbocycles. The molecule has 0 atom stereocenters. The number of pyridine rings is 1. The van der Waals surface area contributed by atoms with E-state index >= 15 is 0 Å². The fourth-order valence-corrected chi connectivity index (χ4v) is 3.10. The third-order valence-corrected chi connectivity index (χ3v) is 4.46. The molecule has 1 aromatic heterocycles. The Morgan fingerprint density at radius 2 is 2.00 bits per heavy atom. The van der Waals surface area contributed by atoms with E-state index in [1.807, 2.05) is 0 Å². The van der Waals surface area contributed by atoms with Gasteiger partial charge in [0.1, 0.15) is 17.4 Å². The second kappa shape index (κ2) is 7.34. The number of carbonyl (C=O) groups is 1. The molecule has 0 radical (unpaired) electrons. The molecule has 0 unspecified atom stereocenters. The molecule has 0 fully saturated rings. The van der Waals surface area contributed by atoms with Crippen molar-refractivity contribution in [1.29, 1.82) is 0 Å². The summed E-state index contributed by atoms with van der Waals surface area (Å²) in [5.74, 6) is -1.16. The van der Waals surface area contributed by atoms with Gasteiger partial charge in [-0.25, -0.2) is 9.37 Å². The molecule has 2 heterocycles. The summed E-state index contributed by atoms with van der Waals surface area (Å²) < 4.78 is 55.7. The number of anilines is 1. The lowest BCUT2D eigenvalue weighted by atomic mass is 10.1. The number of benzene rings is 1. The molecule has 10 heteroatoms. The summed E-state index contributed by atoms with van der Waals surface area (Å²) in [5.41, 5.74) is 0.256. The largest absolute Gasteiger partial charge is 0.573 e. The molecule has 0 spiro atoms. The lowest BCUT2D eigenvalue weighted by Gasteiger charge is -2.22. The van der Waals surface area contributed by atoms with Crippen LogP contribution in [0.5, 0.6) is 5.75 Å². The first kappa shape index (κ1) is 19.4. The van der Waals surface area contributed by atoms with Gasteiger partial charge in [0.2, 0.25) is 0 Å². The number of halogens is 5. The Kier molecular flexibility index (Phi) is 5.27. The normalized spacial score (nSPS) is 14.8. The summed E-state index contributed by atoms with van der Waals surface area (Å²) in [5, 5.41) is 0. The van der Waals surface area contributed by atoms with Crippen molar-refractivity contribution in [3.8, 4) is 5.75 Å². The number of likely N-dealkylation sites (N-methyl/N-ethyl adjacent to an activating group) is 1. The summed E-state index contributed by atoms with van der Waals surface area (Å²) >= 11 is 3.26. The molecule has 0 saturated carbocycles. The van der Waals surface area contributed by atoms with Crippen molar-refractivity contribution in [3.63, 3.8) is 0 Å². The fourth-order valence-electron chi connectivity index (χ4n) is 2.77. The average molecular weight is 448 g/mol. The number of ether oxygens (including phenoxy) is 1. The Balaban J connectivity index is 1.89. The lowest BCUT2D eigenvalue weighted by Crippen LogP contribution is -2.33. The smallest absolute Gasteiger partial charge is 0.406 e. The molecule has 0 saturated heterocycles. The highest BCUT2D eigenvalue weighted by Gasteiger charge is 2.32. The van der Waals surface area contributed by atoms with Gasteiger partial charge in [0.05, 0.1) is 5.56 Å². The Morgan fingerprint density at radius 1 is 1.26 bits per heavy atom. The van der Waals surface area contributed by atoms with Crippen LogP contribution < -0.4 is 9.64 Å². The zero-order chi connectivity index (χ0) is 19.8. The number of nitrogens with zero attached hydrogens (tertiary/aromatic N) is 3. The van der Waals surface area contributed by atoms with Crippen LogP contribution in [0.1, 0.15) is 15.9 Å². The van der Waals surface area contributed by atoms with Crippen molar-refractivity contribution in [1.82, 2.24) is 9.88 Å². The molecule has 144 valence electrons. The second-order valence-electron chi connectivity index (χ2n) is 5.97. The van der Waals surface area contributed by atoms with Gasteiger partial charge in [0.15, 0.2) is 0 Å². The lowest BCUT2D eigenvalue weighted by molar-refractivity contribution is -0.274. The predicted octanol–water partition coefficient (Wildman–Crippen LogP) is 3.97. The molecule has 0 bridgehead atoms. The monoisotopic (exact) mass is 447 g/mol. The van der Waals surface area contributed by atoms with Crippen LogP contribution in [0, 0.1) is 5.82 Å². The maximum atomic E-state index is 14.1. The van der Waals surface area contributed by atoms with Crippen LogP contribution >= 0.6 is 15.9 Å². The van der Waals surface area contributed by atoms with Crippen molar-refractivity contribution in [2.24, 2.45) is 0 Å². The molecule has 1 aliphatic heterocycles. The van der Waals surface area contributed by atoms with Crippen LogP contribution in [-0.2, 0) is 6.54 Å². The Hall–Kier alpha value is -2.36. The Labute approximate surface area is 160 Å². The van der Waals surface area contributed by atoms with Crippen molar-refractivity contribution < 1.29 is 27.1 Å². The molecule has 1 amide bonds. The van der Waals surface area contributed by atoms with Gasteiger partial charge in [-0.1, -0.05) is 0 Å². The topological polar surface area (TPSA) is 45.7 Å². The molecular formula is C17H14BrF4N3O2. The minimum atomic E-state index is -4.88. The van der Waals surface area contributed by atoms with E-state index in [4.69, 9.17) is 0 Å². The maximum absolute atomic E-state index is 14.1. The van der Waals surface area contributed by atoms with Crippen molar-refractivity contribution >= 4 is 27.7 Å². The average Bonchev–Trinajstić information content (AvgIpc) is 2.68. The van der Waals surface area contributed by atoms with E-state index < -0.39 is 17.9 Å². The number of alkyl halides is 3. The number of amides is 1. The van der Waals surface area contributed by atoms with Gasteiger partial charge in [-0.3, -0.25) is 4.79 Å². The van der Waals surface area contributed by atoms with E-state index in [2.05, 4.69) is 25.7 Å². The molecule has 3 rings (SSSR count). The number of rotatable bonds is 3. The molecular weight excluding hydrogens is 434 g/mol. The number of aromatic nitrogens is 1. The second-order valence-corrected chi connectivity index (χ2v) is 6.89. The summed E-state index contributed by atoms with van der Waals surface area (Å²) in [6.07, 6.45) is -3.32. The fraction of sp³-hybridized carbons (Fsp3) is 0.294. The molecule has 0 aliphatic carbocycles. The summed E-state index contributed by atoms with van der Waals surface area (Å²) in [6, 6.07) is 4.33. The van der Waals surface area contributed by atoms with Gasteiger partial charge in [-0.2, -0.15) is 0 Å². The van der Waals surface area contributed by atoms with E-state index in [0.717, 1.165) is 18.2 Å². The third-order valence-electron chi connectivity index (χ3n) is 4.03. The van der Waals surface area contributed by atoms with E-state index in [1.54, 1.807) is 24.2 Å². The number of hydrogen-bond donors (Lipinski definition) is 0. The molecule has 27 heavy (non-hydrogen) atoms. The van der Waals surface area contributed by atoms with Gasteiger partial charge in [-0.15, -0.1) is 13.2 Å². The summed E-state index contributed by atoms with van der Waals surface area (Å²) in [6.45, 7) is 0.500. The number of hydrogen-bond acceptors (Lipinski definition) is 4. The first-order valence-corrected chi connectivity index (χ1v) is 8.63. The van der Waals surface area contributed by atoms with E-state index in [1.165, 1.54) is 4.90 Å². The Bertz CT molecular complexity index is 876. The van der Waals surface area contributed by atoms with Crippen LogP contribution in [0.15, 0.2) is 34.9 Å².